The molecule has 0 saturated heterocycles. The summed E-state index contributed by atoms with van der Waals surface area (Å²) < 4.78 is 0. The third-order valence-corrected chi connectivity index (χ3v) is 4.19. The van der Waals surface area contributed by atoms with Crippen molar-refractivity contribution in [2.45, 2.75) is 31.2 Å². The van der Waals surface area contributed by atoms with Crippen LogP contribution in [0.4, 0.5) is 11.4 Å². The zero-order chi connectivity index (χ0) is 14.5. The van der Waals surface area contributed by atoms with Gasteiger partial charge in [0.2, 0.25) is 11.8 Å². The number of carbonyl (C=O) groups is 2. The van der Waals surface area contributed by atoms with E-state index in [0.29, 0.717) is 17.5 Å². The van der Waals surface area contributed by atoms with Crippen molar-refractivity contribution < 1.29 is 9.59 Å². The molecule has 0 saturated carbocycles. The quantitative estimate of drug-likeness (QED) is 0.777. The summed E-state index contributed by atoms with van der Waals surface area (Å²) in [6.07, 6.45) is 0.982. The highest BCUT2D eigenvalue weighted by atomic mass is 32.2. The van der Waals surface area contributed by atoms with Crippen LogP contribution in [0.15, 0.2) is 23.1 Å². The summed E-state index contributed by atoms with van der Waals surface area (Å²) in [6, 6.07) is 5.88. The van der Waals surface area contributed by atoms with Crippen LogP contribution in [-0.2, 0) is 9.59 Å². The number of fused-ring (bicyclic) bond motifs is 1. The van der Waals surface area contributed by atoms with Crippen molar-refractivity contribution >= 4 is 35.0 Å². The van der Waals surface area contributed by atoms with Gasteiger partial charge in [-0.3, -0.25) is 9.59 Å². The minimum atomic E-state index is -0.0833. The molecule has 1 aromatic rings. The topological polar surface area (TPSA) is 70.2 Å². The Labute approximate surface area is 122 Å². The fourth-order valence-electron chi connectivity index (χ4n) is 1.78. The normalized spacial score (nSPS) is 15.2. The molecule has 2 rings (SSSR count). The van der Waals surface area contributed by atoms with Crippen LogP contribution in [0.2, 0.25) is 0 Å². The van der Waals surface area contributed by atoms with E-state index in [9.17, 15) is 9.59 Å². The number of hydrogen-bond donors (Lipinski definition) is 3. The van der Waals surface area contributed by atoms with E-state index < -0.39 is 0 Å². The molecular weight excluding hydrogens is 274 g/mol. The van der Waals surface area contributed by atoms with Gasteiger partial charge in [-0.2, -0.15) is 0 Å². The average Bonchev–Trinajstić information content (AvgIpc) is 2.44. The molecule has 1 aromatic carbocycles. The third kappa shape index (κ3) is 3.98. The minimum Gasteiger partial charge on any atom is -0.325 e. The first-order valence-corrected chi connectivity index (χ1v) is 7.67. The molecule has 1 aliphatic rings. The van der Waals surface area contributed by atoms with Crippen LogP contribution in [0.1, 0.15) is 20.3 Å². The molecule has 1 unspecified atom stereocenters. The van der Waals surface area contributed by atoms with Gasteiger partial charge in [0.25, 0.3) is 0 Å². The average molecular weight is 293 g/mol. The van der Waals surface area contributed by atoms with Crippen molar-refractivity contribution in [2.24, 2.45) is 0 Å². The first kappa shape index (κ1) is 14.9. The number of rotatable bonds is 5. The summed E-state index contributed by atoms with van der Waals surface area (Å²) in [4.78, 5) is 24.2. The molecule has 1 aliphatic heterocycles. The lowest BCUT2D eigenvalue weighted by molar-refractivity contribution is -0.115. The summed E-state index contributed by atoms with van der Waals surface area (Å²) >= 11 is 1.50. The van der Waals surface area contributed by atoms with E-state index in [-0.39, 0.29) is 18.4 Å². The molecule has 6 heteroatoms. The SMILES string of the molecule is CCC(C)NCC(=O)Nc1ccc2c(c1)NC(=O)CS2. The van der Waals surface area contributed by atoms with E-state index in [1.807, 2.05) is 19.1 Å². The lowest BCUT2D eigenvalue weighted by Crippen LogP contribution is -2.34. The molecule has 0 bridgehead atoms. The Morgan fingerprint density at radius 1 is 1.50 bits per heavy atom. The lowest BCUT2D eigenvalue weighted by Gasteiger charge is -2.17. The Kier molecular flexibility index (Phi) is 5.03. The van der Waals surface area contributed by atoms with E-state index in [1.165, 1.54) is 11.8 Å². The second-order valence-electron chi connectivity index (χ2n) is 4.79. The molecule has 0 radical (unpaired) electrons. The maximum atomic E-state index is 11.8. The van der Waals surface area contributed by atoms with Gasteiger partial charge in [0.15, 0.2) is 0 Å². The maximum Gasteiger partial charge on any atom is 0.238 e. The van der Waals surface area contributed by atoms with Crippen LogP contribution in [0.3, 0.4) is 0 Å². The summed E-state index contributed by atoms with van der Waals surface area (Å²) in [6.45, 7) is 4.39. The van der Waals surface area contributed by atoms with Crippen LogP contribution < -0.4 is 16.0 Å². The van der Waals surface area contributed by atoms with Crippen molar-refractivity contribution in [3.63, 3.8) is 0 Å². The van der Waals surface area contributed by atoms with Gasteiger partial charge in [0, 0.05) is 16.6 Å². The molecule has 20 heavy (non-hydrogen) atoms. The Bertz CT molecular complexity index is 519. The van der Waals surface area contributed by atoms with Crippen LogP contribution in [0.25, 0.3) is 0 Å². The molecule has 0 fully saturated rings. The van der Waals surface area contributed by atoms with Gasteiger partial charge in [0.1, 0.15) is 0 Å². The van der Waals surface area contributed by atoms with E-state index in [0.717, 1.165) is 17.0 Å². The van der Waals surface area contributed by atoms with Gasteiger partial charge in [-0.05, 0) is 31.5 Å². The largest absolute Gasteiger partial charge is 0.325 e. The smallest absolute Gasteiger partial charge is 0.238 e. The van der Waals surface area contributed by atoms with Gasteiger partial charge >= 0.3 is 0 Å². The minimum absolute atomic E-state index is 0.00980. The first-order valence-electron chi connectivity index (χ1n) is 6.68. The first-order chi connectivity index (χ1) is 9.58. The fraction of sp³-hybridized carbons (Fsp3) is 0.429. The standard InChI is InChI=1S/C14H19N3O2S/c1-3-9(2)15-7-13(18)16-10-4-5-12-11(6-10)17-14(19)8-20-12/h4-6,9,15H,3,7-8H2,1-2H3,(H,16,18)(H,17,19). The number of nitrogens with one attached hydrogen (secondary N) is 3. The number of thioether (sulfide) groups is 1. The number of carbonyl (C=O) groups excluding carboxylic acids is 2. The van der Waals surface area contributed by atoms with Crippen molar-refractivity contribution in [1.29, 1.82) is 0 Å². The predicted octanol–water partition coefficient (Wildman–Crippen LogP) is 2.06. The molecule has 1 heterocycles. The van der Waals surface area contributed by atoms with Crippen molar-refractivity contribution in [3.8, 4) is 0 Å². The molecular formula is C14H19N3O2S. The van der Waals surface area contributed by atoms with Crippen LogP contribution in [-0.4, -0.2) is 30.2 Å². The van der Waals surface area contributed by atoms with Gasteiger partial charge in [-0.15, -0.1) is 11.8 Å². The Morgan fingerprint density at radius 3 is 3.05 bits per heavy atom. The summed E-state index contributed by atoms with van der Waals surface area (Å²) in [5.41, 5.74) is 1.46. The summed E-state index contributed by atoms with van der Waals surface area (Å²) in [5.74, 6) is 0.349. The number of hydrogen-bond acceptors (Lipinski definition) is 4. The highest BCUT2D eigenvalue weighted by Gasteiger charge is 2.15. The molecule has 5 nitrogen and oxygen atoms in total. The number of amides is 2. The molecule has 108 valence electrons. The number of anilines is 2. The fourth-order valence-corrected chi connectivity index (χ4v) is 2.57. The summed E-state index contributed by atoms with van der Waals surface area (Å²) in [7, 11) is 0. The second kappa shape index (κ2) is 6.76. The highest BCUT2D eigenvalue weighted by Crippen LogP contribution is 2.33. The van der Waals surface area contributed by atoms with Crippen molar-refractivity contribution in [3.05, 3.63) is 18.2 Å². The van der Waals surface area contributed by atoms with Crippen LogP contribution in [0.5, 0.6) is 0 Å². The Balaban J connectivity index is 1.95. The molecule has 0 aromatic heterocycles. The molecule has 1 atom stereocenters. The lowest BCUT2D eigenvalue weighted by atomic mass is 10.2. The van der Waals surface area contributed by atoms with Gasteiger partial charge in [0.05, 0.1) is 18.0 Å². The molecule has 3 N–H and O–H groups in total. The Morgan fingerprint density at radius 2 is 2.30 bits per heavy atom. The monoisotopic (exact) mass is 293 g/mol. The van der Waals surface area contributed by atoms with E-state index in [1.54, 1.807) is 6.07 Å². The number of benzene rings is 1. The Hall–Kier alpha value is -1.53. The van der Waals surface area contributed by atoms with Crippen LogP contribution in [0, 0.1) is 0 Å². The molecule has 2 amide bonds. The zero-order valence-electron chi connectivity index (χ0n) is 11.7. The molecule has 0 aliphatic carbocycles. The maximum absolute atomic E-state index is 11.8. The van der Waals surface area contributed by atoms with Crippen molar-refractivity contribution in [2.75, 3.05) is 22.9 Å². The zero-order valence-corrected chi connectivity index (χ0v) is 12.5. The van der Waals surface area contributed by atoms with E-state index in [4.69, 9.17) is 0 Å². The van der Waals surface area contributed by atoms with E-state index >= 15 is 0 Å². The van der Waals surface area contributed by atoms with Crippen LogP contribution >= 0.6 is 11.8 Å². The van der Waals surface area contributed by atoms with Gasteiger partial charge in [-0.1, -0.05) is 6.92 Å². The highest BCUT2D eigenvalue weighted by molar-refractivity contribution is 8.00. The predicted molar refractivity (Wildman–Crippen MR) is 82.2 cm³/mol. The van der Waals surface area contributed by atoms with Crippen molar-refractivity contribution in [1.82, 2.24) is 5.32 Å². The molecule has 0 spiro atoms. The van der Waals surface area contributed by atoms with E-state index in [2.05, 4.69) is 22.9 Å². The second-order valence-corrected chi connectivity index (χ2v) is 5.80. The van der Waals surface area contributed by atoms with Gasteiger partial charge in [-0.25, -0.2) is 0 Å². The van der Waals surface area contributed by atoms with Gasteiger partial charge < -0.3 is 16.0 Å². The third-order valence-electron chi connectivity index (χ3n) is 3.12. The summed E-state index contributed by atoms with van der Waals surface area (Å²) in [5, 5.41) is 8.77.